The molecule has 0 fully saturated rings. The van der Waals surface area contributed by atoms with E-state index in [-0.39, 0.29) is 41.9 Å². The van der Waals surface area contributed by atoms with Crippen molar-refractivity contribution in [2.75, 3.05) is 33.2 Å². The fraction of sp³-hybridized carbons (Fsp3) is 0.278. The fourth-order valence-electron chi connectivity index (χ4n) is 2.28. The van der Waals surface area contributed by atoms with Crippen LogP contribution in [0.25, 0.3) is 0 Å². The van der Waals surface area contributed by atoms with E-state index in [1.54, 1.807) is 51.7 Å². The fourth-order valence-corrected chi connectivity index (χ4v) is 2.28. The molecular formula is C18H23FIN3O3. The Bertz CT molecular complexity index is 726. The van der Waals surface area contributed by atoms with E-state index in [2.05, 4.69) is 10.3 Å². The summed E-state index contributed by atoms with van der Waals surface area (Å²) in [5, 5.41) is 2.98. The van der Waals surface area contributed by atoms with Crippen molar-refractivity contribution in [2.24, 2.45) is 10.7 Å². The Labute approximate surface area is 169 Å². The van der Waals surface area contributed by atoms with Gasteiger partial charge in [0.25, 0.3) is 0 Å². The molecule has 3 N–H and O–H groups in total. The average molecular weight is 475 g/mol. The summed E-state index contributed by atoms with van der Waals surface area (Å²) >= 11 is 0. The Balaban J connectivity index is 0.00000338. The summed E-state index contributed by atoms with van der Waals surface area (Å²) in [7, 11) is 4.70. The number of nitrogens with zero attached hydrogens (tertiary/aromatic N) is 1. The van der Waals surface area contributed by atoms with E-state index < -0.39 is 0 Å². The van der Waals surface area contributed by atoms with Gasteiger partial charge >= 0.3 is 0 Å². The van der Waals surface area contributed by atoms with Gasteiger partial charge in [0.05, 0.1) is 20.8 Å². The van der Waals surface area contributed by atoms with Crippen LogP contribution in [0.1, 0.15) is 11.7 Å². The molecule has 0 amide bonds. The standard InChI is InChI=1S/C18H22FN3O3.HI/c1-23-15-9-8-14(10-16(15)24-2)22-18(20)21-11-17(25-3)12-4-6-13(19)7-5-12;/h4-10,17H,11H2,1-3H3,(H3,20,21,22);1H. The van der Waals surface area contributed by atoms with E-state index >= 15 is 0 Å². The Morgan fingerprint density at radius 1 is 1.08 bits per heavy atom. The second-order valence-electron chi connectivity index (χ2n) is 5.20. The molecule has 2 aromatic rings. The van der Waals surface area contributed by atoms with Crippen LogP contribution in [0.5, 0.6) is 11.5 Å². The van der Waals surface area contributed by atoms with Gasteiger partial charge in [-0.2, -0.15) is 0 Å². The van der Waals surface area contributed by atoms with Gasteiger partial charge in [0.1, 0.15) is 11.9 Å². The normalized spacial score (nSPS) is 12.1. The molecule has 0 heterocycles. The minimum absolute atomic E-state index is 0. The van der Waals surface area contributed by atoms with E-state index in [9.17, 15) is 4.39 Å². The number of aliphatic imine (C=N–C) groups is 1. The van der Waals surface area contributed by atoms with Crippen LogP contribution in [-0.4, -0.2) is 33.8 Å². The maximum absolute atomic E-state index is 13.0. The maximum atomic E-state index is 13.0. The molecule has 0 spiro atoms. The van der Waals surface area contributed by atoms with E-state index in [4.69, 9.17) is 19.9 Å². The van der Waals surface area contributed by atoms with Gasteiger partial charge in [-0.1, -0.05) is 12.1 Å². The van der Waals surface area contributed by atoms with Crippen LogP contribution in [0, 0.1) is 5.82 Å². The first-order valence-corrected chi connectivity index (χ1v) is 7.64. The van der Waals surface area contributed by atoms with Crippen LogP contribution in [0.15, 0.2) is 47.5 Å². The Kier molecular flexibility index (Phi) is 9.14. The Morgan fingerprint density at radius 2 is 1.73 bits per heavy atom. The van der Waals surface area contributed by atoms with Crippen LogP contribution in [0.2, 0.25) is 0 Å². The Hall–Kier alpha value is -2.07. The van der Waals surface area contributed by atoms with Crippen LogP contribution in [0.3, 0.4) is 0 Å². The lowest BCUT2D eigenvalue weighted by Gasteiger charge is -2.14. The van der Waals surface area contributed by atoms with Crippen molar-refractivity contribution < 1.29 is 18.6 Å². The number of ether oxygens (including phenoxy) is 3. The summed E-state index contributed by atoms with van der Waals surface area (Å²) in [4.78, 5) is 4.28. The van der Waals surface area contributed by atoms with E-state index in [0.717, 1.165) is 11.3 Å². The van der Waals surface area contributed by atoms with Gasteiger partial charge in [-0.25, -0.2) is 4.39 Å². The first-order chi connectivity index (χ1) is 12.1. The van der Waals surface area contributed by atoms with E-state index in [0.29, 0.717) is 18.0 Å². The molecular weight excluding hydrogens is 452 g/mol. The lowest BCUT2D eigenvalue weighted by Crippen LogP contribution is -2.24. The summed E-state index contributed by atoms with van der Waals surface area (Å²) in [5.41, 5.74) is 7.47. The summed E-state index contributed by atoms with van der Waals surface area (Å²) < 4.78 is 28.8. The number of nitrogens with two attached hydrogens (primary N) is 1. The van der Waals surface area contributed by atoms with Gasteiger partial charge in [0, 0.05) is 18.9 Å². The number of hydrogen-bond donors (Lipinski definition) is 2. The summed E-state index contributed by atoms with van der Waals surface area (Å²) in [6, 6.07) is 11.4. The second kappa shape index (κ2) is 10.8. The molecule has 2 aromatic carbocycles. The SMILES string of the molecule is COc1ccc(NC(N)=NCC(OC)c2ccc(F)cc2)cc1OC.I. The number of guanidine groups is 1. The third-order valence-electron chi connectivity index (χ3n) is 3.61. The number of methoxy groups -OCH3 is 3. The van der Waals surface area contributed by atoms with Crippen LogP contribution < -0.4 is 20.5 Å². The predicted octanol–water partition coefficient (Wildman–Crippen LogP) is 3.58. The molecule has 1 atom stereocenters. The Morgan fingerprint density at radius 3 is 2.31 bits per heavy atom. The van der Waals surface area contributed by atoms with Crippen molar-refractivity contribution >= 4 is 35.6 Å². The smallest absolute Gasteiger partial charge is 0.193 e. The molecule has 8 heteroatoms. The maximum Gasteiger partial charge on any atom is 0.193 e. The third kappa shape index (κ3) is 6.03. The van der Waals surface area contributed by atoms with Crippen molar-refractivity contribution in [3.8, 4) is 11.5 Å². The van der Waals surface area contributed by atoms with E-state index in [1.807, 2.05) is 0 Å². The number of anilines is 1. The predicted molar refractivity (Wildman–Crippen MR) is 111 cm³/mol. The van der Waals surface area contributed by atoms with Gasteiger partial charge in [-0.3, -0.25) is 4.99 Å². The summed E-state index contributed by atoms with van der Waals surface area (Å²) in [6.07, 6.45) is -0.314. The largest absolute Gasteiger partial charge is 0.493 e. The molecule has 2 rings (SSSR count). The van der Waals surface area contributed by atoms with Crippen molar-refractivity contribution in [1.29, 1.82) is 0 Å². The topological polar surface area (TPSA) is 78.1 Å². The highest BCUT2D eigenvalue weighted by Gasteiger charge is 2.10. The number of nitrogens with one attached hydrogen (secondary N) is 1. The second-order valence-corrected chi connectivity index (χ2v) is 5.20. The van der Waals surface area contributed by atoms with Crippen molar-refractivity contribution in [3.63, 3.8) is 0 Å². The summed E-state index contributed by atoms with van der Waals surface area (Å²) in [6.45, 7) is 0.300. The quantitative estimate of drug-likeness (QED) is 0.364. The van der Waals surface area contributed by atoms with Crippen molar-refractivity contribution in [1.82, 2.24) is 0 Å². The van der Waals surface area contributed by atoms with Crippen LogP contribution >= 0.6 is 24.0 Å². The van der Waals surface area contributed by atoms with Crippen LogP contribution in [0.4, 0.5) is 10.1 Å². The van der Waals surface area contributed by atoms with Gasteiger partial charge in [0.15, 0.2) is 17.5 Å². The van der Waals surface area contributed by atoms with Crippen molar-refractivity contribution in [2.45, 2.75) is 6.10 Å². The van der Waals surface area contributed by atoms with Crippen molar-refractivity contribution in [3.05, 3.63) is 53.8 Å². The molecule has 0 bridgehead atoms. The number of rotatable bonds is 7. The first-order valence-electron chi connectivity index (χ1n) is 7.64. The lowest BCUT2D eigenvalue weighted by atomic mass is 10.1. The highest BCUT2D eigenvalue weighted by Crippen LogP contribution is 2.29. The van der Waals surface area contributed by atoms with E-state index in [1.165, 1.54) is 12.1 Å². The third-order valence-corrected chi connectivity index (χ3v) is 3.61. The molecule has 142 valence electrons. The molecule has 0 saturated carbocycles. The molecule has 0 aromatic heterocycles. The summed E-state index contributed by atoms with van der Waals surface area (Å²) in [5.74, 6) is 1.15. The lowest BCUT2D eigenvalue weighted by molar-refractivity contribution is 0.111. The molecule has 0 saturated heterocycles. The zero-order chi connectivity index (χ0) is 18.2. The average Bonchev–Trinajstić information content (AvgIpc) is 2.63. The molecule has 6 nitrogen and oxygen atoms in total. The van der Waals surface area contributed by atoms with Gasteiger partial charge in [-0.05, 0) is 29.8 Å². The highest BCUT2D eigenvalue weighted by molar-refractivity contribution is 14.0. The first kappa shape index (κ1) is 22.0. The number of hydrogen-bond acceptors (Lipinski definition) is 4. The zero-order valence-electron chi connectivity index (χ0n) is 14.9. The molecule has 0 aliphatic carbocycles. The van der Waals surface area contributed by atoms with Gasteiger partial charge < -0.3 is 25.3 Å². The monoisotopic (exact) mass is 475 g/mol. The molecule has 0 aliphatic heterocycles. The van der Waals surface area contributed by atoms with Gasteiger partial charge in [-0.15, -0.1) is 24.0 Å². The molecule has 26 heavy (non-hydrogen) atoms. The van der Waals surface area contributed by atoms with Crippen LogP contribution in [-0.2, 0) is 4.74 Å². The number of halogens is 2. The molecule has 0 aliphatic rings. The molecule has 1 unspecified atom stereocenters. The minimum Gasteiger partial charge on any atom is -0.493 e. The van der Waals surface area contributed by atoms with Gasteiger partial charge in [0.2, 0.25) is 0 Å². The number of benzene rings is 2. The highest BCUT2D eigenvalue weighted by atomic mass is 127. The zero-order valence-corrected chi connectivity index (χ0v) is 17.2. The minimum atomic E-state index is -0.314. The molecule has 0 radical (unpaired) electrons.